The molecular weight excluding hydrogens is 602 g/mol. The van der Waals surface area contributed by atoms with Gasteiger partial charge in [-0.1, -0.05) is 12.5 Å². The number of aromatic nitrogens is 1. The predicted octanol–water partition coefficient (Wildman–Crippen LogP) is 7.25. The van der Waals surface area contributed by atoms with Crippen molar-refractivity contribution in [2.75, 3.05) is 38.1 Å². The van der Waals surface area contributed by atoms with Gasteiger partial charge in [0.25, 0.3) is 10.0 Å². The van der Waals surface area contributed by atoms with Crippen LogP contribution in [0.5, 0.6) is 23.0 Å². The van der Waals surface area contributed by atoms with Gasteiger partial charge in [-0.3, -0.25) is 9.71 Å². The molecule has 0 spiro atoms. The van der Waals surface area contributed by atoms with E-state index in [1.165, 1.54) is 44.7 Å². The minimum Gasteiger partial charge on any atom is -0.493 e. The van der Waals surface area contributed by atoms with Gasteiger partial charge in [0.15, 0.2) is 23.1 Å². The highest BCUT2D eigenvalue weighted by atomic mass is 32.2. The van der Waals surface area contributed by atoms with Crippen LogP contribution in [-0.4, -0.2) is 51.7 Å². The molecule has 1 aliphatic heterocycles. The highest BCUT2D eigenvalue weighted by molar-refractivity contribution is 7.92. The predicted molar refractivity (Wildman–Crippen MR) is 157 cm³/mol. The van der Waals surface area contributed by atoms with Crippen molar-refractivity contribution in [2.45, 2.75) is 36.8 Å². The van der Waals surface area contributed by atoms with E-state index < -0.39 is 32.5 Å². The molecule has 2 heterocycles. The summed E-state index contributed by atoms with van der Waals surface area (Å²) >= 11 is 0. The van der Waals surface area contributed by atoms with Crippen LogP contribution in [0.1, 0.15) is 31.2 Å². The number of nitrogens with zero attached hydrogens (tertiary/aromatic N) is 2. The maximum Gasteiger partial charge on any atom is 0.416 e. The number of sulfonamides is 1. The second kappa shape index (κ2) is 13.3. The molecule has 5 rings (SSSR count). The summed E-state index contributed by atoms with van der Waals surface area (Å²) in [6.45, 7) is 3.70. The van der Waals surface area contributed by atoms with Gasteiger partial charge in [-0.05, 0) is 74.8 Å². The molecule has 1 aliphatic rings. The van der Waals surface area contributed by atoms with Gasteiger partial charge in [-0.15, -0.1) is 0 Å². The standard InChI is InChI=1S/C31H31F4N3O5S/c1-41-29-19-24-26(20-30(29)42-16-6-15-38-13-3-2-4-14-38)36-12-11-27(24)43-28-10-9-22(18-25(28)32)37-44(39,40)23-8-5-7-21(17-23)31(33,34)35/h5,7-12,17-20,37H,2-4,6,13-16H2,1H3. The highest BCUT2D eigenvalue weighted by Crippen LogP contribution is 2.38. The van der Waals surface area contributed by atoms with E-state index in [4.69, 9.17) is 14.2 Å². The zero-order valence-electron chi connectivity index (χ0n) is 23.9. The van der Waals surface area contributed by atoms with Crippen LogP contribution >= 0.6 is 0 Å². The first kappa shape index (κ1) is 31.3. The largest absolute Gasteiger partial charge is 0.493 e. The second-order valence-corrected chi connectivity index (χ2v) is 12.0. The summed E-state index contributed by atoms with van der Waals surface area (Å²) in [5.41, 5.74) is -0.793. The summed E-state index contributed by atoms with van der Waals surface area (Å²) in [6.07, 6.45) is 1.38. The molecule has 1 N–H and O–H groups in total. The van der Waals surface area contributed by atoms with Crippen molar-refractivity contribution in [1.82, 2.24) is 9.88 Å². The van der Waals surface area contributed by atoms with E-state index in [2.05, 4.69) is 14.6 Å². The Hall–Kier alpha value is -4.10. The molecule has 1 saturated heterocycles. The van der Waals surface area contributed by atoms with Gasteiger partial charge in [-0.2, -0.15) is 13.2 Å². The second-order valence-electron chi connectivity index (χ2n) is 10.3. The third kappa shape index (κ3) is 7.51. The minimum atomic E-state index is -4.72. The summed E-state index contributed by atoms with van der Waals surface area (Å²) in [6, 6.07) is 11.5. The van der Waals surface area contributed by atoms with Crippen LogP contribution in [0.2, 0.25) is 0 Å². The zero-order valence-corrected chi connectivity index (χ0v) is 24.7. The lowest BCUT2D eigenvalue weighted by Crippen LogP contribution is -2.31. The Labute approximate surface area is 252 Å². The van der Waals surface area contributed by atoms with E-state index in [0.717, 1.165) is 50.3 Å². The molecule has 234 valence electrons. The normalized spacial score (nSPS) is 14.4. The van der Waals surface area contributed by atoms with Crippen LogP contribution in [0, 0.1) is 5.82 Å². The van der Waals surface area contributed by atoms with Crippen LogP contribution in [0.15, 0.2) is 71.8 Å². The quantitative estimate of drug-likeness (QED) is 0.138. The van der Waals surface area contributed by atoms with Crippen molar-refractivity contribution in [3.8, 4) is 23.0 Å². The fourth-order valence-corrected chi connectivity index (χ4v) is 6.06. The SMILES string of the molecule is COc1cc2c(Oc3ccc(NS(=O)(=O)c4cccc(C(F)(F)F)c4)cc3F)ccnc2cc1OCCCN1CCCCC1. The Balaban J connectivity index is 1.29. The van der Waals surface area contributed by atoms with Crippen molar-refractivity contribution in [3.05, 3.63) is 78.2 Å². The van der Waals surface area contributed by atoms with E-state index in [1.54, 1.807) is 18.2 Å². The molecule has 0 amide bonds. The van der Waals surface area contributed by atoms with Crippen LogP contribution in [0.25, 0.3) is 10.9 Å². The van der Waals surface area contributed by atoms with E-state index in [-0.39, 0.29) is 17.2 Å². The lowest BCUT2D eigenvalue weighted by Gasteiger charge is -2.26. The fraction of sp³-hybridized carbons (Fsp3) is 0.323. The van der Waals surface area contributed by atoms with Gasteiger partial charge in [-0.25, -0.2) is 12.8 Å². The molecule has 3 aromatic carbocycles. The first-order valence-electron chi connectivity index (χ1n) is 14.0. The summed E-state index contributed by atoms with van der Waals surface area (Å²) < 4.78 is 99.1. The Kier molecular flexibility index (Phi) is 9.45. The number of methoxy groups -OCH3 is 1. The summed E-state index contributed by atoms with van der Waals surface area (Å²) in [5, 5.41) is 0.527. The van der Waals surface area contributed by atoms with Gasteiger partial charge in [0, 0.05) is 30.3 Å². The fourth-order valence-electron chi connectivity index (χ4n) is 4.96. The topological polar surface area (TPSA) is 90.0 Å². The van der Waals surface area contributed by atoms with Crippen molar-refractivity contribution in [3.63, 3.8) is 0 Å². The highest BCUT2D eigenvalue weighted by Gasteiger charge is 2.31. The van der Waals surface area contributed by atoms with Crippen LogP contribution in [0.3, 0.4) is 0 Å². The number of ether oxygens (including phenoxy) is 3. The molecule has 0 saturated carbocycles. The molecular formula is C31H31F4N3O5S. The summed E-state index contributed by atoms with van der Waals surface area (Å²) in [5.74, 6) is 0.123. The van der Waals surface area contributed by atoms with Gasteiger partial charge < -0.3 is 19.1 Å². The molecule has 44 heavy (non-hydrogen) atoms. The lowest BCUT2D eigenvalue weighted by atomic mass is 10.1. The molecule has 0 radical (unpaired) electrons. The van der Waals surface area contributed by atoms with Gasteiger partial charge in [0.2, 0.25) is 0 Å². The first-order chi connectivity index (χ1) is 21.0. The van der Waals surface area contributed by atoms with Crippen LogP contribution in [0.4, 0.5) is 23.2 Å². The molecule has 1 aromatic heterocycles. The smallest absolute Gasteiger partial charge is 0.416 e. The van der Waals surface area contributed by atoms with Crippen molar-refractivity contribution >= 4 is 26.6 Å². The minimum absolute atomic E-state index is 0.199. The van der Waals surface area contributed by atoms with Crippen molar-refractivity contribution in [1.29, 1.82) is 0 Å². The van der Waals surface area contributed by atoms with Crippen LogP contribution < -0.4 is 18.9 Å². The number of anilines is 1. The number of likely N-dealkylation sites (tertiary alicyclic amines) is 1. The Morgan fingerprint density at radius 2 is 1.73 bits per heavy atom. The van der Waals surface area contributed by atoms with Crippen LogP contribution in [-0.2, 0) is 16.2 Å². The maximum atomic E-state index is 15.1. The van der Waals surface area contributed by atoms with E-state index in [9.17, 15) is 21.6 Å². The maximum absolute atomic E-state index is 15.1. The number of hydrogen-bond acceptors (Lipinski definition) is 7. The Bertz CT molecular complexity index is 1730. The van der Waals surface area contributed by atoms with Crippen molar-refractivity contribution in [2.24, 2.45) is 0 Å². The van der Waals surface area contributed by atoms with E-state index in [0.29, 0.717) is 35.1 Å². The molecule has 0 bridgehead atoms. The molecule has 8 nitrogen and oxygen atoms in total. The number of piperidine rings is 1. The van der Waals surface area contributed by atoms with Crippen molar-refractivity contribution < 1.29 is 40.2 Å². The summed E-state index contributed by atoms with van der Waals surface area (Å²) in [4.78, 5) is 6.21. The number of hydrogen-bond donors (Lipinski definition) is 1. The molecule has 0 atom stereocenters. The zero-order chi connectivity index (χ0) is 31.3. The number of fused-ring (bicyclic) bond motifs is 1. The summed E-state index contributed by atoms with van der Waals surface area (Å²) in [7, 11) is -2.92. The first-order valence-corrected chi connectivity index (χ1v) is 15.5. The van der Waals surface area contributed by atoms with Gasteiger partial charge in [0.1, 0.15) is 5.75 Å². The number of benzene rings is 3. The average molecular weight is 634 g/mol. The van der Waals surface area contributed by atoms with Gasteiger partial charge in [0.05, 0.1) is 35.4 Å². The van der Waals surface area contributed by atoms with E-state index >= 15 is 4.39 Å². The average Bonchev–Trinajstić information content (AvgIpc) is 3.00. The number of pyridine rings is 1. The number of nitrogens with one attached hydrogen (secondary N) is 1. The number of alkyl halides is 3. The molecule has 13 heteroatoms. The molecule has 1 fully saturated rings. The monoisotopic (exact) mass is 633 g/mol. The number of halogens is 4. The van der Waals surface area contributed by atoms with E-state index in [1.807, 2.05) is 0 Å². The third-order valence-electron chi connectivity index (χ3n) is 7.19. The third-order valence-corrected chi connectivity index (χ3v) is 8.57. The Morgan fingerprint density at radius 3 is 2.45 bits per heavy atom. The Morgan fingerprint density at radius 1 is 0.932 bits per heavy atom. The molecule has 0 unspecified atom stereocenters. The lowest BCUT2D eigenvalue weighted by molar-refractivity contribution is -0.137. The number of rotatable bonds is 11. The molecule has 4 aromatic rings. The van der Waals surface area contributed by atoms with Gasteiger partial charge >= 0.3 is 6.18 Å². The molecule has 0 aliphatic carbocycles.